The fourth-order valence-corrected chi connectivity index (χ4v) is 8.58. The van der Waals surface area contributed by atoms with Crippen molar-refractivity contribution in [2.24, 2.45) is 7.05 Å². The first kappa shape index (κ1) is 34.3. The van der Waals surface area contributed by atoms with Crippen LogP contribution in [0.25, 0.3) is 33.2 Å². The summed E-state index contributed by atoms with van der Waals surface area (Å²) in [7, 11) is 4.91. The lowest BCUT2D eigenvalue weighted by molar-refractivity contribution is 0.158. The van der Waals surface area contributed by atoms with Gasteiger partial charge in [0.15, 0.2) is 0 Å². The zero-order chi connectivity index (χ0) is 36.1. The predicted octanol–water partition coefficient (Wildman–Crippen LogP) is 6.22. The number of urea groups is 1. The number of carbonyl (C=O) groups is 1. The maximum absolute atomic E-state index is 13.0. The van der Waals surface area contributed by atoms with E-state index in [1.807, 2.05) is 41.3 Å². The van der Waals surface area contributed by atoms with Crippen LogP contribution in [-0.2, 0) is 18.2 Å². The molecule has 0 bridgehead atoms. The standard InChI is InChI=1S/C38H38Cl2N8O4/c1-46-36(49)31-23(19-42-46)12-14-41-34(31)43-27-9-5-7-25(33(27)40)24-6-4-8-26(32(24)39)28-18-22-10-11-29(30(22)35(44-28)52-3)47-15-13-38(20-47)21-48(16-17-51-2)37(50)45-38/h4-9,12,14,18-19,29H,10-11,13,15-17,20-21H2,1-3H3,(H,41,43)(H,45,50)/t29-,38-/m0/s1. The highest BCUT2D eigenvalue weighted by Gasteiger charge is 2.49. The van der Waals surface area contributed by atoms with Gasteiger partial charge in [-0.05, 0) is 43.0 Å². The molecule has 12 nitrogen and oxygen atoms in total. The molecule has 5 heterocycles. The number of rotatable bonds is 9. The summed E-state index contributed by atoms with van der Waals surface area (Å²) in [6.45, 7) is 3.42. The number of likely N-dealkylation sites (tertiary alicyclic amines) is 1. The van der Waals surface area contributed by atoms with Crippen molar-refractivity contribution in [3.8, 4) is 28.3 Å². The molecule has 268 valence electrons. The number of pyridine rings is 2. The molecule has 14 heteroatoms. The van der Waals surface area contributed by atoms with Gasteiger partial charge in [0.25, 0.3) is 5.56 Å². The zero-order valence-electron chi connectivity index (χ0n) is 29.1. The van der Waals surface area contributed by atoms with Crippen LogP contribution in [0.15, 0.2) is 65.7 Å². The number of halogens is 2. The molecule has 0 saturated carbocycles. The van der Waals surface area contributed by atoms with Crippen molar-refractivity contribution in [1.82, 2.24) is 34.9 Å². The first-order valence-corrected chi connectivity index (χ1v) is 18.0. The number of nitrogens with one attached hydrogen (secondary N) is 2. The molecular weight excluding hydrogens is 703 g/mol. The van der Waals surface area contributed by atoms with Gasteiger partial charge in [-0.3, -0.25) is 9.69 Å². The molecule has 2 atom stereocenters. The Kier molecular flexibility index (Phi) is 9.02. The molecule has 2 aliphatic heterocycles. The van der Waals surface area contributed by atoms with Crippen LogP contribution in [0.3, 0.4) is 0 Å². The van der Waals surface area contributed by atoms with Gasteiger partial charge in [0, 0.05) is 80.2 Å². The fourth-order valence-electron chi connectivity index (χ4n) is 7.98. The molecular formula is C38H38Cl2N8O4. The Morgan fingerprint density at radius 1 is 1.04 bits per heavy atom. The molecule has 2 N–H and O–H groups in total. The number of amides is 2. The van der Waals surface area contributed by atoms with E-state index in [1.54, 1.807) is 39.7 Å². The Morgan fingerprint density at radius 3 is 2.63 bits per heavy atom. The highest BCUT2D eigenvalue weighted by Crippen LogP contribution is 2.47. The smallest absolute Gasteiger partial charge is 0.318 e. The number of aryl methyl sites for hydroxylation is 2. The van der Waals surface area contributed by atoms with Crippen molar-refractivity contribution in [3.05, 3.63) is 92.5 Å². The number of methoxy groups -OCH3 is 2. The largest absolute Gasteiger partial charge is 0.481 e. The lowest BCUT2D eigenvalue weighted by Gasteiger charge is -2.28. The maximum Gasteiger partial charge on any atom is 0.318 e. The number of hydrogen-bond donors (Lipinski definition) is 2. The summed E-state index contributed by atoms with van der Waals surface area (Å²) in [6, 6.07) is 15.4. The van der Waals surface area contributed by atoms with Gasteiger partial charge in [0.05, 0.1) is 52.3 Å². The van der Waals surface area contributed by atoms with Gasteiger partial charge < -0.3 is 25.0 Å². The highest BCUT2D eigenvalue weighted by atomic mass is 35.5. The number of aromatic nitrogens is 4. The van der Waals surface area contributed by atoms with Crippen LogP contribution in [0.2, 0.25) is 10.0 Å². The second-order valence-electron chi connectivity index (χ2n) is 13.6. The average Bonchev–Trinajstić information content (AvgIpc) is 3.85. The first-order chi connectivity index (χ1) is 25.2. The summed E-state index contributed by atoms with van der Waals surface area (Å²) < 4.78 is 12.4. The van der Waals surface area contributed by atoms with E-state index < -0.39 is 0 Å². The van der Waals surface area contributed by atoms with Gasteiger partial charge in [-0.2, -0.15) is 5.10 Å². The quantitative estimate of drug-likeness (QED) is 0.181. The Balaban J connectivity index is 1.08. The fraction of sp³-hybridized carbons (Fsp3) is 0.342. The molecule has 2 aromatic carbocycles. The third kappa shape index (κ3) is 5.93. The summed E-state index contributed by atoms with van der Waals surface area (Å²) in [5.41, 5.74) is 5.24. The van der Waals surface area contributed by atoms with Crippen molar-refractivity contribution >= 4 is 51.5 Å². The minimum atomic E-state index is -0.268. The van der Waals surface area contributed by atoms with Crippen molar-refractivity contribution in [2.45, 2.75) is 30.8 Å². The minimum absolute atomic E-state index is 0.0234. The number of carbonyl (C=O) groups excluding carboxylic acids is 1. The van der Waals surface area contributed by atoms with Crippen LogP contribution >= 0.6 is 23.2 Å². The molecule has 2 fully saturated rings. The normalized spacial score (nSPS) is 19.8. The summed E-state index contributed by atoms with van der Waals surface area (Å²) in [6.07, 6.45) is 5.95. The average molecular weight is 742 g/mol. The molecule has 5 aromatic rings. The van der Waals surface area contributed by atoms with E-state index in [2.05, 4.69) is 31.7 Å². The third-order valence-electron chi connectivity index (χ3n) is 10.5. The second kappa shape index (κ2) is 13.7. The number of nitrogens with zero attached hydrogens (tertiary/aromatic N) is 6. The van der Waals surface area contributed by atoms with Crippen molar-refractivity contribution < 1.29 is 14.3 Å². The Morgan fingerprint density at radius 2 is 1.83 bits per heavy atom. The van der Waals surface area contributed by atoms with E-state index in [0.29, 0.717) is 69.2 Å². The number of ether oxygens (including phenoxy) is 2. The molecule has 2 saturated heterocycles. The van der Waals surface area contributed by atoms with Gasteiger partial charge in [-0.15, -0.1) is 0 Å². The van der Waals surface area contributed by atoms with Crippen molar-refractivity contribution in [3.63, 3.8) is 0 Å². The van der Waals surface area contributed by atoms with Crippen LogP contribution in [0.1, 0.15) is 30.0 Å². The summed E-state index contributed by atoms with van der Waals surface area (Å²) in [5.74, 6) is 0.969. The Hall–Kier alpha value is -4.75. The molecule has 52 heavy (non-hydrogen) atoms. The molecule has 8 rings (SSSR count). The maximum atomic E-state index is 13.0. The van der Waals surface area contributed by atoms with Gasteiger partial charge in [0.2, 0.25) is 5.88 Å². The van der Waals surface area contributed by atoms with Crippen molar-refractivity contribution in [1.29, 1.82) is 0 Å². The minimum Gasteiger partial charge on any atom is -0.481 e. The van der Waals surface area contributed by atoms with Gasteiger partial charge >= 0.3 is 6.03 Å². The zero-order valence-corrected chi connectivity index (χ0v) is 30.6. The Labute approximate surface area is 310 Å². The lowest BCUT2D eigenvalue weighted by atomic mass is 9.99. The van der Waals surface area contributed by atoms with E-state index in [-0.39, 0.29) is 23.2 Å². The topological polar surface area (TPSA) is 127 Å². The van der Waals surface area contributed by atoms with Crippen LogP contribution in [0, 0.1) is 0 Å². The summed E-state index contributed by atoms with van der Waals surface area (Å²) in [4.78, 5) is 39.5. The molecule has 0 radical (unpaired) electrons. The monoisotopic (exact) mass is 740 g/mol. The van der Waals surface area contributed by atoms with Gasteiger partial charge in [0.1, 0.15) is 5.82 Å². The number of hydrogen-bond acceptors (Lipinski definition) is 9. The van der Waals surface area contributed by atoms with Crippen LogP contribution in [0.4, 0.5) is 16.3 Å². The van der Waals surface area contributed by atoms with Crippen molar-refractivity contribution in [2.75, 3.05) is 52.3 Å². The lowest BCUT2D eigenvalue weighted by Crippen LogP contribution is -2.46. The van der Waals surface area contributed by atoms with E-state index in [4.69, 9.17) is 37.7 Å². The molecule has 1 spiro atoms. The van der Waals surface area contributed by atoms with E-state index in [9.17, 15) is 9.59 Å². The summed E-state index contributed by atoms with van der Waals surface area (Å²) >= 11 is 14.3. The Bertz CT molecular complexity index is 2280. The molecule has 3 aliphatic rings. The molecule has 1 aliphatic carbocycles. The first-order valence-electron chi connectivity index (χ1n) is 17.2. The van der Waals surface area contributed by atoms with Gasteiger partial charge in [-0.1, -0.05) is 53.5 Å². The molecule has 3 aromatic heterocycles. The number of anilines is 2. The van der Waals surface area contributed by atoms with E-state index in [0.717, 1.165) is 49.0 Å². The van der Waals surface area contributed by atoms with Crippen LogP contribution < -0.4 is 20.9 Å². The highest BCUT2D eigenvalue weighted by molar-refractivity contribution is 6.39. The molecule has 0 unspecified atom stereocenters. The SMILES string of the molecule is COCCN1C[C@@]2(CCN([C@H]3CCc4cc(-c5cccc(-c6cccc(Nc7nccc8cnn(C)c(=O)c78)c6Cl)c5Cl)nc(OC)c43)C2)NC1=O. The van der Waals surface area contributed by atoms with Crippen LogP contribution in [0.5, 0.6) is 5.88 Å². The predicted molar refractivity (Wildman–Crippen MR) is 202 cm³/mol. The summed E-state index contributed by atoms with van der Waals surface area (Å²) in [5, 5.41) is 12.7. The second-order valence-corrected chi connectivity index (χ2v) is 14.4. The van der Waals surface area contributed by atoms with E-state index >= 15 is 0 Å². The van der Waals surface area contributed by atoms with Gasteiger partial charge in [-0.25, -0.2) is 19.4 Å². The number of fused-ring (bicyclic) bond motifs is 2. The van der Waals surface area contributed by atoms with E-state index in [1.165, 1.54) is 10.2 Å². The third-order valence-corrected chi connectivity index (χ3v) is 11.4. The number of benzene rings is 2. The van der Waals surface area contributed by atoms with Crippen LogP contribution in [-0.4, -0.2) is 88.1 Å². The molecule has 2 amide bonds.